The van der Waals surface area contributed by atoms with Crippen LogP contribution in [0.5, 0.6) is 0 Å². The van der Waals surface area contributed by atoms with Gasteiger partial charge in [-0.3, -0.25) is 4.90 Å². The minimum Gasteiger partial charge on any atom is -0.302 e. The molecule has 1 rings (SSSR count). The Hall–Kier alpha value is -0.520. The van der Waals surface area contributed by atoms with E-state index < -0.39 is 0 Å². The van der Waals surface area contributed by atoms with Crippen LogP contribution in [0.25, 0.3) is 0 Å². The summed E-state index contributed by atoms with van der Waals surface area (Å²) in [6, 6.07) is 0.190. The van der Waals surface area contributed by atoms with Crippen LogP contribution >= 0.6 is 0 Å². The smallest absolute Gasteiger partial charge is 0.0873 e. The first-order chi connectivity index (χ1) is 8.25. The summed E-state index contributed by atoms with van der Waals surface area (Å²) in [5.74, 6) is 3.00. The average molecular weight is 236 g/mol. The molecule has 1 aliphatic heterocycles. The van der Waals surface area contributed by atoms with E-state index in [0.717, 1.165) is 25.8 Å². The molecule has 1 heterocycles. The third-order valence-corrected chi connectivity index (χ3v) is 4.26. The predicted octanol–water partition coefficient (Wildman–Crippen LogP) is 2.64. The molecule has 98 valence electrons. The molecule has 0 aromatic carbocycles. The highest BCUT2D eigenvalue weighted by Gasteiger charge is 2.40. The Morgan fingerprint density at radius 3 is 2.24 bits per heavy atom. The maximum Gasteiger partial charge on any atom is 0.0873 e. The lowest BCUT2D eigenvalue weighted by atomic mass is 9.83. The van der Waals surface area contributed by atoms with Crippen LogP contribution in [-0.2, 0) is 0 Å². The van der Waals surface area contributed by atoms with E-state index in [0.29, 0.717) is 0 Å². The number of hydrogen-bond acceptors (Lipinski definition) is 2. The lowest BCUT2D eigenvalue weighted by molar-refractivity contribution is 0.0821. The largest absolute Gasteiger partial charge is 0.302 e. The Balaban J connectivity index is 2.83. The van der Waals surface area contributed by atoms with Gasteiger partial charge >= 0.3 is 0 Å². The van der Waals surface area contributed by atoms with Gasteiger partial charge in [-0.2, -0.15) is 0 Å². The van der Waals surface area contributed by atoms with E-state index in [-0.39, 0.29) is 11.6 Å². The second-order valence-electron chi connectivity index (χ2n) is 5.06. The molecule has 1 fully saturated rings. The van der Waals surface area contributed by atoms with Crippen molar-refractivity contribution in [3.63, 3.8) is 0 Å². The highest BCUT2D eigenvalue weighted by atomic mass is 15.2. The molecule has 0 aromatic heterocycles. The van der Waals surface area contributed by atoms with Crippen LogP contribution in [0.15, 0.2) is 0 Å². The fourth-order valence-corrected chi connectivity index (χ4v) is 3.14. The van der Waals surface area contributed by atoms with Crippen molar-refractivity contribution in [2.75, 3.05) is 19.6 Å². The van der Waals surface area contributed by atoms with Crippen molar-refractivity contribution in [1.82, 2.24) is 10.2 Å². The fourth-order valence-electron chi connectivity index (χ4n) is 3.14. The standard InChI is InChI=1S/C15H28N2/c1-5-11-16-14(6-2)15(7-3,8-4)17-12-9-10-13-17/h2,14,16H,5,7-13H2,1,3-4H3. The summed E-state index contributed by atoms with van der Waals surface area (Å²) in [5.41, 5.74) is 0.167. The second-order valence-corrected chi connectivity index (χ2v) is 5.06. The predicted molar refractivity (Wildman–Crippen MR) is 75.0 cm³/mol. The van der Waals surface area contributed by atoms with E-state index in [4.69, 9.17) is 6.42 Å². The minimum absolute atomic E-state index is 0.167. The second kappa shape index (κ2) is 7.03. The number of nitrogens with zero attached hydrogens (tertiary/aromatic N) is 1. The van der Waals surface area contributed by atoms with E-state index in [9.17, 15) is 0 Å². The molecule has 0 saturated carbocycles. The zero-order valence-corrected chi connectivity index (χ0v) is 11.8. The van der Waals surface area contributed by atoms with Gasteiger partial charge in [0.1, 0.15) is 0 Å². The van der Waals surface area contributed by atoms with E-state index >= 15 is 0 Å². The highest BCUT2D eigenvalue weighted by molar-refractivity contribution is 5.14. The number of hydrogen-bond donors (Lipinski definition) is 1. The summed E-state index contributed by atoms with van der Waals surface area (Å²) < 4.78 is 0. The summed E-state index contributed by atoms with van der Waals surface area (Å²) >= 11 is 0. The van der Waals surface area contributed by atoms with Gasteiger partial charge in [0.05, 0.1) is 6.04 Å². The quantitative estimate of drug-likeness (QED) is 0.684. The summed E-state index contributed by atoms with van der Waals surface area (Å²) in [7, 11) is 0. The number of likely N-dealkylation sites (tertiary alicyclic amines) is 1. The Bertz CT molecular complexity index is 244. The number of nitrogens with one attached hydrogen (secondary N) is 1. The Morgan fingerprint density at radius 1 is 1.24 bits per heavy atom. The van der Waals surface area contributed by atoms with Crippen molar-refractivity contribution in [2.45, 2.75) is 64.5 Å². The van der Waals surface area contributed by atoms with E-state index in [1.54, 1.807) is 0 Å². The van der Waals surface area contributed by atoms with Gasteiger partial charge in [-0.1, -0.05) is 26.7 Å². The molecular formula is C15H28N2. The van der Waals surface area contributed by atoms with Gasteiger partial charge in [-0.05, 0) is 51.7 Å². The van der Waals surface area contributed by atoms with Gasteiger partial charge in [0, 0.05) is 5.54 Å². The van der Waals surface area contributed by atoms with Crippen molar-refractivity contribution >= 4 is 0 Å². The lowest BCUT2D eigenvalue weighted by Gasteiger charge is -2.45. The molecule has 17 heavy (non-hydrogen) atoms. The van der Waals surface area contributed by atoms with Crippen LogP contribution in [-0.4, -0.2) is 36.1 Å². The summed E-state index contributed by atoms with van der Waals surface area (Å²) in [6.45, 7) is 10.2. The van der Waals surface area contributed by atoms with Crippen molar-refractivity contribution in [1.29, 1.82) is 0 Å². The molecule has 0 amide bonds. The molecule has 1 aliphatic rings. The van der Waals surface area contributed by atoms with Crippen LogP contribution in [0, 0.1) is 12.3 Å². The molecule has 1 saturated heterocycles. The average Bonchev–Trinajstić information content (AvgIpc) is 2.89. The Labute approximate surface area is 107 Å². The van der Waals surface area contributed by atoms with Crippen LogP contribution < -0.4 is 5.32 Å². The van der Waals surface area contributed by atoms with Crippen LogP contribution in [0.3, 0.4) is 0 Å². The van der Waals surface area contributed by atoms with E-state index in [1.165, 1.54) is 25.9 Å². The first-order valence-corrected chi connectivity index (χ1v) is 7.19. The first kappa shape index (κ1) is 14.5. The molecule has 1 unspecified atom stereocenters. The third kappa shape index (κ3) is 3.03. The zero-order chi connectivity index (χ0) is 12.7. The Morgan fingerprint density at radius 2 is 1.82 bits per heavy atom. The highest BCUT2D eigenvalue weighted by Crippen LogP contribution is 2.31. The Kier molecular flexibility index (Phi) is 6.02. The topological polar surface area (TPSA) is 15.3 Å². The SMILES string of the molecule is C#CC(NCCC)C(CC)(CC)N1CCCC1. The molecule has 2 nitrogen and oxygen atoms in total. The minimum atomic E-state index is 0.167. The molecule has 0 aliphatic carbocycles. The van der Waals surface area contributed by atoms with E-state index in [2.05, 4.69) is 36.9 Å². The van der Waals surface area contributed by atoms with E-state index in [1.807, 2.05) is 0 Å². The fraction of sp³-hybridized carbons (Fsp3) is 0.867. The van der Waals surface area contributed by atoms with Gasteiger partial charge in [-0.25, -0.2) is 0 Å². The van der Waals surface area contributed by atoms with Gasteiger partial charge in [0.25, 0.3) is 0 Å². The van der Waals surface area contributed by atoms with Crippen LogP contribution in [0.4, 0.5) is 0 Å². The lowest BCUT2D eigenvalue weighted by Crippen LogP contribution is -2.59. The van der Waals surface area contributed by atoms with Crippen molar-refractivity contribution in [3.05, 3.63) is 0 Å². The molecule has 0 radical (unpaired) electrons. The van der Waals surface area contributed by atoms with Gasteiger partial charge < -0.3 is 5.32 Å². The molecule has 1 N–H and O–H groups in total. The normalized spacial score (nSPS) is 19.2. The monoisotopic (exact) mass is 236 g/mol. The summed E-state index contributed by atoms with van der Waals surface area (Å²) in [5, 5.41) is 3.56. The van der Waals surface area contributed by atoms with Gasteiger partial charge in [0.15, 0.2) is 0 Å². The number of terminal acetylenes is 1. The maximum absolute atomic E-state index is 5.78. The van der Waals surface area contributed by atoms with Gasteiger partial charge in [-0.15, -0.1) is 6.42 Å². The first-order valence-electron chi connectivity index (χ1n) is 7.19. The van der Waals surface area contributed by atoms with Crippen molar-refractivity contribution in [2.24, 2.45) is 0 Å². The van der Waals surface area contributed by atoms with Crippen LogP contribution in [0.2, 0.25) is 0 Å². The molecular weight excluding hydrogens is 208 g/mol. The molecule has 2 heteroatoms. The van der Waals surface area contributed by atoms with Gasteiger partial charge in [0.2, 0.25) is 0 Å². The molecule has 0 aromatic rings. The summed E-state index contributed by atoms with van der Waals surface area (Å²) in [4.78, 5) is 2.63. The zero-order valence-electron chi connectivity index (χ0n) is 11.8. The molecule has 0 spiro atoms. The summed E-state index contributed by atoms with van der Waals surface area (Å²) in [6.07, 6.45) is 11.8. The van der Waals surface area contributed by atoms with Crippen molar-refractivity contribution in [3.8, 4) is 12.3 Å². The maximum atomic E-state index is 5.78. The third-order valence-electron chi connectivity index (χ3n) is 4.26. The molecule has 0 bridgehead atoms. The van der Waals surface area contributed by atoms with Crippen LogP contribution in [0.1, 0.15) is 52.9 Å². The number of rotatable bonds is 7. The van der Waals surface area contributed by atoms with Crippen molar-refractivity contribution < 1.29 is 0 Å². The molecule has 1 atom stereocenters.